The van der Waals surface area contributed by atoms with Crippen LogP contribution in [-0.4, -0.2) is 32.3 Å². The first kappa shape index (κ1) is 19.4. The fraction of sp³-hybridized carbons (Fsp3) is 0.381. The lowest BCUT2D eigenvalue weighted by Crippen LogP contribution is -2.35. The van der Waals surface area contributed by atoms with Crippen LogP contribution in [0.15, 0.2) is 53.4 Å². The number of hydrogen-bond donors (Lipinski definition) is 1. The summed E-state index contributed by atoms with van der Waals surface area (Å²) in [6, 6.07) is 13.5. The Morgan fingerprint density at radius 2 is 1.52 bits per heavy atom. The van der Waals surface area contributed by atoms with Crippen LogP contribution in [0.25, 0.3) is 0 Å². The van der Waals surface area contributed by atoms with Gasteiger partial charge in [0.25, 0.3) is 15.9 Å². The maximum atomic E-state index is 12.6. The smallest absolute Gasteiger partial charge is 0.261 e. The molecule has 27 heavy (non-hydrogen) atoms. The second-order valence-corrected chi connectivity index (χ2v) is 8.94. The Hall–Kier alpha value is -2.34. The number of hydrogen-bond acceptors (Lipinski definition) is 3. The Morgan fingerprint density at radius 3 is 2.07 bits per heavy atom. The van der Waals surface area contributed by atoms with Crippen LogP contribution in [0.4, 0.5) is 5.69 Å². The maximum Gasteiger partial charge on any atom is 0.261 e. The largest absolute Gasteiger partial charge is 0.339 e. The standard InChI is InChI=1S/C21H26N2O3S/c1-16(2)17-8-12-20(13-9-17)27(25,26)22-19-10-6-18(7-11-19)21(24)23-14-4-3-5-15-23/h6-13,16,22H,3-5,14-15H2,1-2H3. The molecule has 144 valence electrons. The van der Waals surface area contributed by atoms with Crippen LogP contribution >= 0.6 is 0 Å². The van der Waals surface area contributed by atoms with Crippen LogP contribution in [-0.2, 0) is 10.0 Å². The molecule has 1 N–H and O–H groups in total. The van der Waals surface area contributed by atoms with Gasteiger partial charge in [-0.2, -0.15) is 0 Å². The quantitative estimate of drug-likeness (QED) is 0.836. The second-order valence-electron chi connectivity index (χ2n) is 7.26. The number of amides is 1. The number of carbonyl (C=O) groups is 1. The molecular weight excluding hydrogens is 360 g/mol. The van der Waals surface area contributed by atoms with Crippen molar-refractivity contribution in [2.24, 2.45) is 0 Å². The summed E-state index contributed by atoms with van der Waals surface area (Å²) in [6.07, 6.45) is 3.25. The summed E-state index contributed by atoms with van der Waals surface area (Å²) in [5, 5.41) is 0. The zero-order chi connectivity index (χ0) is 19.4. The van der Waals surface area contributed by atoms with Crippen LogP contribution in [0.2, 0.25) is 0 Å². The predicted molar refractivity (Wildman–Crippen MR) is 108 cm³/mol. The molecule has 1 amide bonds. The third kappa shape index (κ3) is 4.69. The highest BCUT2D eigenvalue weighted by Crippen LogP contribution is 2.21. The Balaban J connectivity index is 1.70. The van der Waals surface area contributed by atoms with E-state index in [2.05, 4.69) is 18.6 Å². The van der Waals surface area contributed by atoms with Crippen molar-refractivity contribution >= 4 is 21.6 Å². The van der Waals surface area contributed by atoms with E-state index in [4.69, 9.17) is 0 Å². The van der Waals surface area contributed by atoms with E-state index in [-0.39, 0.29) is 10.8 Å². The molecule has 1 heterocycles. The molecule has 0 spiro atoms. The lowest BCUT2D eigenvalue weighted by atomic mass is 10.0. The normalized spacial score (nSPS) is 15.0. The first-order chi connectivity index (χ1) is 12.9. The first-order valence-electron chi connectivity index (χ1n) is 9.39. The van der Waals surface area contributed by atoms with E-state index < -0.39 is 10.0 Å². The third-order valence-corrected chi connectivity index (χ3v) is 6.28. The monoisotopic (exact) mass is 386 g/mol. The van der Waals surface area contributed by atoms with Crippen molar-refractivity contribution in [3.05, 3.63) is 59.7 Å². The Labute approximate surface area is 161 Å². The lowest BCUT2D eigenvalue weighted by Gasteiger charge is -2.26. The number of carbonyl (C=O) groups excluding carboxylic acids is 1. The van der Waals surface area contributed by atoms with Gasteiger partial charge in [0.1, 0.15) is 0 Å². The van der Waals surface area contributed by atoms with Crippen molar-refractivity contribution in [3.8, 4) is 0 Å². The van der Waals surface area contributed by atoms with Crippen LogP contribution in [0, 0.1) is 0 Å². The molecule has 1 aliphatic rings. The molecule has 0 unspecified atom stereocenters. The van der Waals surface area contributed by atoms with Gasteiger partial charge in [-0.05, 0) is 67.1 Å². The molecule has 2 aromatic rings. The van der Waals surface area contributed by atoms with Crippen molar-refractivity contribution in [2.45, 2.75) is 43.9 Å². The van der Waals surface area contributed by atoms with Gasteiger partial charge in [-0.3, -0.25) is 9.52 Å². The minimum absolute atomic E-state index is 0.00776. The van der Waals surface area contributed by atoms with E-state index in [9.17, 15) is 13.2 Å². The Morgan fingerprint density at radius 1 is 0.926 bits per heavy atom. The molecule has 0 aromatic heterocycles. The van der Waals surface area contributed by atoms with Gasteiger partial charge in [0.2, 0.25) is 0 Å². The van der Waals surface area contributed by atoms with E-state index in [0.29, 0.717) is 17.2 Å². The van der Waals surface area contributed by atoms with Crippen molar-refractivity contribution < 1.29 is 13.2 Å². The summed E-state index contributed by atoms with van der Waals surface area (Å²) in [5.74, 6) is 0.355. The topological polar surface area (TPSA) is 66.5 Å². The van der Waals surface area contributed by atoms with Crippen molar-refractivity contribution in [3.63, 3.8) is 0 Å². The summed E-state index contributed by atoms with van der Waals surface area (Å²) >= 11 is 0. The fourth-order valence-electron chi connectivity index (χ4n) is 3.21. The van der Waals surface area contributed by atoms with Crippen molar-refractivity contribution in [1.82, 2.24) is 4.90 Å². The number of rotatable bonds is 5. The minimum Gasteiger partial charge on any atom is -0.339 e. The van der Waals surface area contributed by atoms with Gasteiger partial charge in [-0.15, -0.1) is 0 Å². The first-order valence-corrected chi connectivity index (χ1v) is 10.9. The molecule has 3 rings (SSSR count). The molecule has 0 aliphatic carbocycles. The number of sulfonamides is 1. The van der Waals surface area contributed by atoms with E-state index in [1.54, 1.807) is 36.4 Å². The van der Waals surface area contributed by atoms with Crippen molar-refractivity contribution in [1.29, 1.82) is 0 Å². The number of nitrogens with zero attached hydrogens (tertiary/aromatic N) is 1. The number of piperidine rings is 1. The van der Waals surface area contributed by atoms with Crippen LogP contribution in [0.1, 0.15) is 54.9 Å². The van der Waals surface area contributed by atoms with Crippen LogP contribution in [0.3, 0.4) is 0 Å². The predicted octanol–water partition coefficient (Wildman–Crippen LogP) is 4.24. The molecule has 0 radical (unpaired) electrons. The lowest BCUT2D eigenvalue weighted by molar-refractivity contribution is 0.0724. The number of benzene rings is 2. The van der Waals surface area contributed by atoms with Gasteiger partial charge in [-0.25, -0.2) is 8.42 Å². The summed E-state index contributed by atoms with van der Waals surface area (Å²) < 4.78 is 27.7. The van der Waals surface area contributed by atoms with Gasteiger partial charge in [-0.1, -0.05) is 26.0 Å². The average Bonchev–Trinajstić information content (AvgIpc) is 2.68. The molecule has 1 fully saturated rings. The summed E-state index contributed by atoms with van der Waals surface area (Å²) in [6.45, 7) is 5.71. The highest BCUT2D eigenvalue weighted by molar-refractivity contribution is 7.92. The molecule has 0 atom stereocenters. The zero-order valence-corrected chi connectivity index (χ0v) is 16.6. The van der Waals surface area contributed by atoms with E-state index in [0.717, 1.165) is 31.5 Å². The summed E-state index contributed by atoms with van der Waals surface area (Å²) in [4.78, 5) is 14.6. The van der Waals surface area contributed by atoms with E-state index >= 15 is 0 Å². The molecule has 6 heteroatoms. The zero-order valence-electron chi connectivity index (χ0n) is 15.8. The van der Waals surface area contributed by atoms with Crippen LogP contribution in [0.5, 0.6) is 0 Å². The second kappa shape index (κ2) is 8.13. The average molecular weight is 387 g/mol. The molecule has 5 nitrogen and oxygen atoms in total. The van der Waals surface area contributed by atoms with Gasteiger partial charge < -0.3 is 4.90 Å². The van der Waals surface area contributed by atoms with Crippen molar-refractivity contribution in [2.75, 3.05) is 17.8 Å². The Bertz CT molecular complexity index is 882. The van der Waals surface area contributed by atoms with Gasteiger partial charge >= 0.3 is 0 Å². The SMILES string of the molecule is CC(C)c1ccc(S(=O)(=O)Nc2ccc(C(=O)N3CCCCC3)cc2)cc1. The summed E-state index contributed by atoms with van der Waals surface area (Å²) in [7, 11) is -3.65. The molecular formula is C21H26N2O3S. The van der Waals surface area contributed by atoms with Crippen LogP contribution < -0.4 is 4.72 Å². The van der Waals surface area contributed by atoms with Gasteiger partial charge in [0.05, 0.1) is 4.90 Å². The molecule has 0 saturated carbocycles. The number of likely N-dealkylation sites (tertiary alicyclic amines) is 1. The fourth-order valence-corrected chi connectivity index (χ4v) is 4.26. The molecule has 2 aromatic carbocycles. The maximum absolute atomic E-state index is 12.6. The van der Waals surface area contributed by atoms with E-state index in [1.165, 1.54) is 6.42 Å². The molecule has 0 bridgehead atoms. The highest BCUT2D eigenvalue weighted by atomic mass is 32.2. The Kier molecular flexibility index (Phi) is 5.85. The van der Waals surface area contributed by atoms with Gasteiger partial charge in [0, 0.05) is 24.3 Å². The molecule has 1 saturated heterocycles. The van der Waals surface area contributed by atoms with E-state index in [1.807, 2.05) is 17.0 Å². The molecule has 1 aliphatic heterocycles. The minimum atomic E-state index is -3.65. The highest BCUT2D eigenvalue weighted by Gasteiger charge is 2.19. The third-order valence-electron chi connectivity index (χ3n) is 4.88. The number of anilines is 1. The summed E-state index contributed by atoms with van der Waals surface area (Å²) in [5.41, 5.74) is 2.12. The number of nitrogens with one attached hydrogen (secondary N) is 1. The van der Waals surface area contributed by atoms with Gasteiger partial charge in [0.15, 0.2) is 0 Å².